The SMILES string of the molecule is CC(C)NC[C@H](C)Oc1ccc(C(=O)C(C)C)cn1. The van der Waals surface area contributed by atoms with Gasteiger partial charge >= 0.3 is 0 Å². The van der Waals surface area contributed by atoms with E-state index in [1.54, 1.807) is 18.3 Å². The van der Waals surface area contributed by atoms with Crippen molar-refractivity contribution in [1.29, 1.82) is 0 Å². The summed E-state index contributed by atoms with van der Waals surface area (Å²) < 4.78 is 5.68. The molecule has 1 rings (SSSR count). The average molecular weight is 264 g/mol. The van der Waals surface area contributed by atoms with Gasteiger partial charge in [-0.2, -0.15) is 0 Å². The molecule has 0 radical (unpaired) electrons. The summed E-state index contributed by atoms with van der Waals surface area (Å²) in [5.41, 5.74) is 0.635. The van der Waals surface area contributed by atoms with Gasteiger partial charge in [0.25, 0.3) is 0 Å². The van der Waals surface area contributed by atoms with Crippen molar-refractivity contribution in [1.82, 2.24) is 10.3 Å². The van der Waals surface area contributed by atoms with Crippen LogP contribution >= 0.6 is 0 Å². The number of carbonyl (C=O) groups is 1. The van der Waals surface area contributed by atoms with Crippen molar-refractivity contribution in [2.45, 2.75) is 46.8 Å². The molecule has 4 heteroatoms. The maximum absolute atomic E-state index is 11.8. The fourth-order valence-corrected chi connectivity index (χ4v) is 1.58. The van der Waals surface area contributed by atoms with Crippen LogP contribution in [0.3, 0.4) is 0 Å². The molecule has 0 amide bonds. The number of pyridine rings is 1. The Kier molecular flexibility index (Phi) is 5.96. The molecule has 0 bridgehead atoms. The van der Waals surface area contributed by atoms with Crippen LogP contribution in [0.5, 0.6) is 5.88 Å². The predicted octanol–water partition coefficient (Wildman–Crippen LogP) is 2.69. The van der Waals surface area contributed by atoms with Crippen LogP contribution in [0.4, 0.5) is 0 Å². The molecule has 0 saturated carbocycles. The lowest BCUT2D eigenvalue weighted by Crippen LogP contribution is -2.33. The van der Waals surface area contributed by atoms with Crippen LogP contribution in [0.25, 0.3) is 0 Å². The van der Waals surface area contributed by atoms with Crippen molar-refractivity contribution < 1.29 is 9.53 Å². The van der Waals surface area contributed by atoms with Crippen LogP contribution in [0.2, 0.25) is 0 Å². The molecule has 1 heterocycles. The highest BCUT2D eigenvalue weighted by Gasteiger charge is 2.11. The summed E-state index contributed by atoms with van der Waals surface area (Å²) in [5, 5.41) is 3.30. The normalized spacial score (nSPS) is 12.8. The molecule has 0 saturated heterocycles. The van der Waals surface area contributed by atoms with E-state index in [0.717, 1.165) is 6.54 Å². The minimum Gasteiger partial charge on any atom is -0.473 e. The summed E-state index contributed by atoms with van der Waals surface area (Å²) in [6.07, 6.45) is 1.63. The molecule has 0 aliphatic heterocycles. The van der Waals surface area contributed by atoms with Crippen molar-refractivity contribution in [3.63, 3.8) is 0 Å². The maximum Gasteiger partial charge on any atom is 0.213 e. The quantitative estimate of drug-likeness (QED) is 0.769. The highest BCUT2D eigenvalue weighted by Crippen LogP contribution is 2.12. The van der Waals surface area contributed by atoms with Crippen LogP contribution in [0.1, 0.15) is 45.0 Å². The fraction of sp³-hybridized carbons (Fsp3) is 0.600. The molecule has 1 N–H and O–H groups in total. The molecule has 1 aromatic heterocycles. The summed E-state index contributed by atoms with van der Waals surface area (Å²) in [4.78, 5) is 15.9. The van der Waals surface area contributed by atoms with Gasteiger partial charge in [-0.15, -0.1) is 0 Å². The molecular formula is C15H24N2O2. The minimum atomic E-state index is -0.0114. The van der Waals surface area contributed by atoms with Gasteiger partial charge in [-0.1, -0.05) is 27.7 Å². The third kappa shape index (κ3) is 5.39. The minimum absolute atomic E-state index is 0.0114. The number of nitrogens with zero attached hydrogens (tertiary/aromatic N) is 1. The van der Waals surface area contributed by atoms with Crippen LogP contribution in [0, 0.1) is 5.92 Å². The first kappa shape index (κ1) is 15.6. The van der Waals surface area contributed by atoms with E-state index in [1.807, 2.05) is 20.8 Å². The molecule has 0 spiro atoms. The Hall–Kier alpha value is -1.42. The smallest absolute Gasteiger partial charge is 0.213 e. The molecule has 0 aliphatic rings. The van der Waals surface area contributed by atoms with Crippen molar-refractivity contribution in [2.75, 3.05) is 6.54 Å². The van der Waals surface area contributed by atoms with Crippen molar-refractivity contribution in [3.05, 3.63) is 23.9 Å². The van der Waals surface area contributed by atoms with Crippen molar-refractivity contribution in [3.8, 4) is 5.88 Å². The highest BCUT2D eigenvalue weighted by molar-refractivity contribution is 5.97. The largest absolute Gasteiger partial charge is 0.473 e. The first-order valence-electron chi connectivity index (χ1n) is 6.80. The Balaban J connectivity index is 2.55. The van der Waals surface area contributed by atoms with E-state index in [1.165, 1.54) is 0 Å². The van der Waals surface area contributed by atoms with Gasteiger partial charge in [0.2, 0.25) is 5.88 Å². The topological polar surface area (TPSA) is 51.2 Å². The summed E-state index contributed by atoms with van der Waals surface area (Å²) in [7, 11) is 0. The molecule has 106 valence electrons. The zero-order chi connectivity index (χ0) is 14.4. The molecule has 4 nitrogen and oxygen atoms in total. The number of carbonyl (C=O) groups excluding carboxylic acids is 1. The molecule has 0 unspecified atom stereocenters. The van der Waals surface area contributed by atoms with Crippen molar-refractivity contribution >= 4 is 5.78 Å². The van der Waals surface area contributed by atoms with Gasteiger partial charge in [-0.05, 0) is 13.0 Å². The Bertz CT molecular complexity index is 399. The number of hydrogen-bond acceptors (Lipinski definition) is 4. The van der Waals surface area contributed by atoms with Crippen LogP contribution < -0.4 is 10.1 Å². The summed E-state index contributed by atoms with van der Waals surface area (Å²) >= 11 is 0. The fourth-order valence-electron chi connectivity index (χ4n) is 1.58. The van der Waals surface area contributed by atoms with Gasteiger partial charge in [0.15, 0.2) is 5.78 Å². The van der Waals surface area contributed by atoms with Gasteiger partial charge in [0.05, 0.1) is 0 Å². The molecule has 0 aromatic carbocycles. The third-order valence-corrected chi connectivity index (χ3v) is 2.68. The molecule has 1 aromatic rings. The lowest BCUT2D eigenvalue weighted by Gasteiger charge is -2.16. The number of aromatic nitrogens is 1. The molecule has 0 aliphatic carbocycles. The number of Topliss-reactive ketones (excluding diaryl/α,β-unsaturated/α-hetero) is 1. The Morgan fingerprint density at radius 3 is 2.42 bits per heavy atom. The highest BCUT2D eigenvalue weighted by atomic mass is 16.5. The van der Waals surface area contributed by atoms with Gasteiger partial charge < -0.3 is 10.1 Å². The zero-order valence-electron chi connectivity index (χ0n) is 12.4. The van der Waals surface area contributed by atoms with Crippen LogP contribution in [-0.4, -0.2) is 29.5 Å². The third-order valence-electron chi connectivity index (χ3n) is 2.68. The van der Waals surface area contributed by atoms with Crippen LogP contribution in [0.15, 0.2) is 18.3 Å². The van der Waals surface area contributed by atoms with E-state index in [-0.39, 0.29) is 17.8 Å². The summed E-state index contributed by atoms with van der Waals surface area (Å²) in [5.74, 6) is 0.648. The Morgan fingerprint density at radius 2 is 1.95 bits per heavy atom. The van der Waals surface area contributed by atoms with E-state index in [9.17, 15) is 4.79 Å². The lowest BCUT2D eigenvalue weighted by molar-refractivity contribution is 0.0939. The van der Waals surface area contributed by atoms with E-state index in [4.69, 9.17) is 4.74 Å². The monoisotopic (exact) mass is 264 g/mol. The second-order valence-electron chi connectivity index (χ2n) is 5.40. The number of hydrogen-bond donors (Lipinski definition) is 1. The number of ketones is 1. The van der Waals surface area contributed by atoms with E-state index in [0.29, 0.717) is 17.5 Å². The van der Waals surface area contributed by atoms with Gasteiger partial charge in [0, 0.05) is 36.3 Å². The Morgan fingerprint density at radius 1 is 1.26 bits per heavy atom. The first-order valence-corrected chi connectivity index (χ1v) is 6.80. The predicted molar refractivity (Wildman–Crippen MR) is 76.6 cm³/mol. The number of nitrogens with one attached hydrogen (secondary N) is 1. The van der Waals surface area contributed by atoms with E-state index < -0.39 is 0 Å². The maximum atomic E-state index is 11.8. The second-order valence-corrected chi connectivity index (χ2v) is 5.40. The van der Waals surface area contributed by atoms with Crippen LogP contribution in [-0.2, 0) is 0 Å². The molecular weight excluding hydrogens is 240 g/mol. The molecule has 19 heavy (non-hydrogen) atoms. The summed E-state index contributed by atoms with van der Waals surface area (Å²) in [6, 6.07) is 3.96. The average Bonchev–Trinajstić information content (AvgIpc) is 2.36. The molecule has 1 atom stereocenters. The molecule has 0 fully saturated rings. The lowest BCUT2D eigenvalue weighted by atomic mass is 10.0. The zero-order valence-corrected chi connectivity index (χ0v) is 12.4. The van der Waals surface area contributed by atoms with E-state index in [2.05, 4.69) is 24.1 Å². The Labute approximate surface area is 115 Å². The van der Waals surface area contributed by atoms with Crippen molar-refractivity contribution in [2.24, 2.45) is 5.92 Å². The second kappa shape index (κ2) is 7.24. The van der Waals surface area contributed by atoms with E-state index >= 15 is 0 Å². The number of rotatable bonds is 7. The summed E-state index contributed by atoms with van der Waals surface area (Å²) in [6.45, 7) is 10.7. The number of ether oxygens (including phenoxy) is 1. The standard InChI is InChI=1S/C15H24N2O2/c1-10(2)15(18)13-6-7-14(17-9-13)19-12(5)8-16-11(3)4/h6-7,9-12,16H,8H2,1-5H3/t12-/m0/s1. The van der Waals surface area contributed by atoms with Gasteiger partial charge in [-0.25, -0.2) is 4.98 Å². The van der Waals surface area contributed by atoms with Gasteiger partial charge in [-0.3, -0.25) is 4.79 Å². The first-order chi connectivity index (χ1) is 8.90. The van der Waals surface area contributed by atoms with Gasteiger partial charge in [0.1, 0.15) is 6.10 Å².